The van der Waals surface area contributed by atoms with E-state index in [-0.39, 0.29) is 35.5 Å². The topological polar surface area (TPSA) is 121 Å². The molecule has 0 saturated carbocycles. The van der Waals surface area contributed by atoms with Crippen molar-refractivity contribution in [3.8, 4) is 17.6 Å². The minimum absolute atomic E-state index is 0.0378. The summed E-state index contributed by atoms with van der Waals surface area (Å²) in [5.41, 5.74) is 0.461. The lowest BCUT2D eigenvalue weighted by molar-refractivity contribution is -0.133. The van der Waals surface area contributed by atoms with Crippen molar-refractivity contribution in [1.29, 1.82) is 5.26 Å². The van der Waals surface area contributed by atoms with Crippen LogP contribution >= 0.6 is 0 Å². The Hall–Kier alpha value is -3.29. The standard InChI is InChI=1S/C24H28N4O5S/c1-32-22-12-10-20(34(30,31)27-17-6-3-2-4-7-17)14-23(22)33-16-18-9-11-21(26-18)24(29)28-13-5-8-19(28)15-25/h2-4,6-7,10,12,14,18-19,21,26-27H,5,8-9,11,13,16H2,1H3/t18-,19+,21+/m1/s1. The van der Waals surface area contributed by atoms with Gasteiger partial charge < -0.3 is 14.4 Å². The minimum Gasteiger partial charge on any atom is -0.493 e. The van der Waals surface area contributed by atoms with Gasteiger partial charge >= 0.3 is 0 Å². The molecule has 34 heavy (non-hydrogen) atoms. The smallest absolute Gasteiger partial charge is 0.262 e. The van der Waals surface area contributed by atoms with Gasteiger partial charge in [-0.2, -0.15) is 5.26 Å². The molecule has 0 unspecified atom stereocenters. The first-order valence-electron chi connectivity index (χ1n) is 11.3. The summed E-state index contributed by atoms with van der Waals surface area (Å²) in [7, 11) is -2.32. The molecule has 2 aromatic carbocycles. The van der Waals surface area contributed by atoms with Crippen molar-refractivity contribution in [3.05, 3.63) is 48.5 Å². The van der Waals surface area contributed by atoms with E-state index in [1.54, 1.807) is 41.3 Å². The number of benzene rings is 2. The van der Waals surface area contributed by atoms with E-state index in [1.807, 2.05) is 0 Å². The molecule has 0 radical (unpaired) electrons. The van der Waals surface area contributed by atoms with Gasteiger partial charge in [0, 0.05) is 24.3 Å². The lowest BCUT2D eigenvalue weighted by atomic mass is 10.1. The normalized spacial score (nSPS) is 22.2. The van der Waals surface area contributed by atoms with Gasteiger partial charge in [0.05, 0.1) is 24.1 Å². The van der Waals surface area contributed by atoms with Gasteiger partial charge in [0.1, 0.15) is 12.6 Å². The Morgan fingerprint density at radius 3 is 2.71 bits per heavy atom. The molecule has 2 aliphatic heterocycles. The second kappa shape index (κ2) is 10.3. The fourth-order valence-electron chi connectivity index (χ4n) is 4.36. The fraction of sp³-hybridized carbons (Fsp3) is 0.417. The molecule has 180 valence electrons. The summed E-state index contributed by atoms with van der Waals surface area (Å²) in [6.45, 7) is 0.864. The third kappa shape index (κ3) is 5.26. The van der Waals surface area contributed by atoms with E-state index in [1.165, 1.54) is 19.2 Å². The number of likely N-dealkylation sites (tertiary alicyclic amines) is 1. The molecular formula is C24H28N4O5S. The zero-order valence-corrected chi connectivity index (χ0v) is 19.8. The van der Waals surface area contributed by atoms with Crippen molar-refractivity contribution in [1.82, 2.24) is 10.2 Å². The lowest BCUT2D eigenvalue weighted by Crippen LogP contribution is -2.47. The van der Waals surface area contributed by atoms with E-state index < -0.39 is 10.0 Å². The van der Waals surface area contributed by atoms with E-state index in [0.717, 1.165) is 19.3 Å². The van der Waals surface area contributed by atoms with Crippen molar-refractivity contribution in [2.75, 3.05) is 25.0 Å². The lowest BCUT2D eigenvalue weighted by Gasteiger charge is -2.24. The van der Waals surface area contributed by atoms with Crippen molar-refractivity contribution in [2.45, 2.75) is 48.7 Å². The quantitative estimate of drug-likeness (QED) is 0.591. The summed E-state index contributed by atoms with van der Waals surface area (Å²) < 4.78 is 39.5. The van der Waals surface area contributed by atoms with Crippen LogP contribution in [0.4, 0.5) is 5.69 Å². The molecular weight excluding hydrogens is 456 g/mol. The predicted molar refractivity (Wildman–Crippen MR) is 126 cm³/mol. The number of nitriles is 1. The highest BCUT2D eigenvalue weighted by Crippen LogP contribution is 2.31. The molecule has 0 aliphatic carbocycles. The number of ether oxygens (including phenoxy) is 2. The molecule has 9 nitrogen and oxygen atoms in total. The molecule has 2 saturated heterocycles. The number of nitrogens with zero attached hydrogens (tertiary/aromatic N) is 2. The van der Waals surface area contributed by atoms with Gasteiger partial charge in [-0.15, -0.1) is 0 Å². The molecule has 10 heteroatoms. The van der Waals surface area contributed by atoms with Crippen LogP contribution < -0.4 is 19.5 Å². The van der Waals surface area contributed by atoms with Gasteiger partial charge in [0.15, 0.2) is 11.5 Å². The highest BCUT2D eigenvalue weighted by Gasteiger charge is 2.37. The van der Waals surface area contributed by atoms with Crippen molar-refractivity contribution in [2.24, 2.45) is 0 Å². The van der Waals surface area contributed by atoms with Crippen molar-refractivity contribution < 1.29 is 22.7 Å². The number of methoxy groups -OCH3 is 1. The molecule has 3 atom stereocenters. The Bertz CT molecular complexity index is 1170. The average molecular weight is 485 g/mol. The van der Waals surface area contributed by atoms with E-state index in [4.69, 9.17) is 9.47 Å². The first-order chi connectivity index (χ1) is 16.4. The van der Waals surface area contributed by atoms with Crippen LogP contribution in [0.25, 0.3) is 0 Å². The number of carbonyl (C=O) groups excluding carboxylic acids is 1. The number of carbonyl (C=O) groups is 1. The molecule has 2 heterocycles. The van der Waals surface area contributed by atoms with Crippen LogP contribution in [0.2, 0.25) is 0 Å². The van der Waals surface area contributed by atoms with Crippen LogP contribution in [0.3, 0.4) is 0 Å². The largest absolute Gasteiger partial charge is 0.493 e. The second-order valence-electron chi connectivity index (χ2n) is 8.41. The Morgan fingerprint density at radius 2 is 1.97 bits per heavy atom. The minimum atomic E-state index is -3.81. The molecule has 2 N–H and O–H groups in total. The first-order valence-corrected chi connectivity index (χ1v) is 12.7. The van der Waals surface area contributed by atoms with Gasteiger partial charge in [0.25, 0.3) is 10.0 Å². The van der Waals surface area contributed by atoms with E-state index in [9.17, 15) is 18.5 Å². The number of amides is 1. The number of para-hydroxylation sites is 1. The summed E-state index contributed by atoms with van der Waals surface area (Å²) in [5.74, 6) is 0.682. The summed E-state index contributed by atoms with van der Waals surface area (Å²) in [4.78, 5) is 14.5. The van der Waals surface area contributed by atoms with Gasteiger partial charge in [-0.1, -0.05) is 18.2 Å². The zero-order valence-electron chi connectivity index (χ0n) is 18.9. The number of sulfonamides is 1. The van der Waals surface area contributed by atoms with E-state index >= 15 is 0 Å². The third-order valence-electron chi connectivity index (χ3n) is 6.14. The summed E-state index contributed by atoms with van der Waals surface area (Å²) in [6, 6.07) is 14.5. The number of hydrogen-bond donors (Lipinski definition) is 2. The van der Waals surface area contributed by atoms with Crippen LogP contribution in [-0.2, 0) is 14.8 Å². The Morgan fingerprint density at radius 1 is 1.18 bits per heavy atom. The van der Waals surface area contributed by atoms with Crippen LogP contribution in [-0.4, -0.2) is 57.6 Å². The maximum atomic E-state index is 12.8. The molecule has 4 rings (SSSR count). The SMILES string of the molecule is COc1ccc(S(=O)(=O)Nc2ccccc2)cc1OC[C@H]1CC[C@@H](C(=O)N2CCC[C@H]2C#N)N1. The predicted octanol–water partition coefficient (Wildman–Crippen LogP) is 2.51. The molecule has 0 spiro atoms. The number of rotatable bonds is 8. The van der Waals surface area contributed by atoms with Gasteiger partial charge in [-0.25, -0.2) is 8.42 Å². The summed E-state index contributed by atoms with van der Waals surface area (Å²) in [6.07, 6.45) is 2.96. The monoisotopic (exact) mass is 484 g/mol. The Kier molecular flexibility index (Phi) is 7.24. The molecule has 2 aliphatic rings. The number of nitrogens with one attached hydrogen (secondary N) is 2. The summed E-state index contributed by atoms with van der Waals surface area (Å²) >= 11 is 0. The Labute approximate surface area is 199 Å². The molecule has 2 aromatic rings. The second-order valence-corrected chi connectivity index (χ2v) is 10.1. The van der Waals surface area contributed by atoms with Gasteiger partial charge in [-0.3, -0.25) is 14.8 Å². The van der Waals surface area contributed by atoms with Crippen LogP contribution in [0, 0.1) is 11.3 Å². The maximum absolute atomic E-state index is 12.8. The number of hydrogen-bond acceptors (Lipinski definition) is 7. The highest BCUT2D eigenvalue weighted by molar-refractivity contribution is 7.92. The maximum Gasteiger partial charge on any atom is 0.262 e. The van der Waals surface area contributed by atoms with E-state index in [2.05, 4.69) is 16.1 Å². The van der Waals surface area contributed by atoms with Crippen LogP contribution in [0.15, 0.2) is 53.4 Å². The zero-order chi connectivity index (χ0) is 24.1. The summed E-state index contributed by atoms with van der Waals surface area (Å²) in [5, 5.41) is 12.6. The van der Waals surface area contributed by atoms with Crippen molar-refractivity contribution in [3.63, 3.8) is 0 Å². The molecule has 0 aromatic heterocycles. The van der Waals surface area contributed by atoms with Gasteiger partial charge in [0.2, 0.25) is 5.91 Å². The molecule has 2 fully saturated rings. The molecule has 1 amide bonds. The number of anilines is 1. The Balaban J connectivity index is 1.40. The van der Waals surface area contributed by atoms with Crippen molar-refractivity contribution >= 4 is 21.6 Å². The third-order valence-corrected chi connectivity index (χ3v) is 7.51. The van der Waals surface area contributed by atoms with Gasteiger partial charge in [-0.05, 0) is 49.9 Å². The van der Waals surface area contributed by atoms with Crippen LogP contribution in [0.1, 0.15) is 25.7 Å². The van der Waals surface area contributed by atoms with E-state index in [0.29, 0.717) is 30.2 Å². The fourth-order valence-corrected chi connectivity index (χ4v) is 5.43. The molecule has 0 bridgehead atoms. The average Bonchev–Trinajstić information content (AvgIpc) is 3.52. The highest BCUT2D eigenvalue weighted by atomic mass is 32.2. The van der Waals surface area contributed by atoms with Crippen LogP contribution in [0.5, 0.6) is 11.5 Å². The first kappa shape index (κ1) is 23.9.